The highest BCUT2D eigenvalue weighted by Gasteiger charge is 2.41. The number of benzene rings is 1. The number of primary amides is 1. The van der Waals surface area contributed by atoms with E-state index in [0.717, 1.165) is 5.56 Å². The van der Waals surface area contributed by atoms with E-state index in [1.54, 1.807) is 7.05 Å². The third kappa shape index (κ3) is 3.55. The third-order valence-corrected chi connectivity index (χ3v) is 4.76. The lowest BCUT2D eigenvalue weighted by Gasteiger charge is -2.28. The van der Waals surface area contributed by atoms with Crippen molar-refractivity contribution in [1.29, 1.82) is 0 Å². The van der Waals surface area contributed by atoms with Gasteiger partial charge in [-0.1, -0.05) is 32.9 Å². The van der Waals surface area contributed by atoms with Crippen LogP contribution in [-0.4, -0.2) is 41.0 Å². The average Bonchev–Trinajstić information content (AvgIpc) is 2.87. The molecule has 0 aromatic heterocycles. The zero-order valence-corrected chi connectivity index (χ0v) is 14.2. The molecule has 1 saturated carbocycles. The first-order valence-corrected chi connectivity index (χ1v) is 7.98. The molecule has 2 amide bonds. The molecule has 0 unspecified atom stereocenters. The number of amides is 2. The monoisotopic (exact) mass is 318 g/mol. The molecular weight excluding hydrogens is 292 g/mol. The molecule has 5 heteroatoms. The summed E-state index contributed by atoms with van der Waals surface area (Å²) >= 11 is 0. The van der Waals surface area contributed by atoms with Gasteiger partial charge >= 0.3 is 0 Å². The van der Waals surface area contributed by atoms with E-state index in [9.17, 15) is 14.7 Å². The SMILES string of the molecule is CN(C(=O)c1ccc(C(C)(C)C)cc1)[C@@H]1CC[C@@H](C(N)=O)[C@@H]1O. The fourth-order valence-corrected chi connectivity index (χ4v) is 3.16. The highest BCUT2D eigenvalue weighted by Crippen LogP contribution is 2.30. The van der Waals surface area contributed by atoms with Crippen molar-refractivity contribution < 1.29 is 14.7 Å². The standard InChI is InChI=1S/C18H26N2O3/c1-18(2,3)12-7-5-11(6-8-12)17(23)20(4)14-10-9-13(15(14)21)16(19)22/h5-8,13-15,21H,9-10H2,1-4H3,(H2,19,22)/t13-,14-,15+/m1/s1. The van der Waals surface area contributed by atoms with E-state index in [4.69, 9.17) is 5.73 Å². The molecule has 0 radical (unpaired) electrons. The molecule has 1 fully saturated rings. The second-order valence-electron chi connectivity index (χ2n) is 7.39. The van der Waals surface area contributed by atoms with Crippen molar-refractivity contribution in [3.63, 3.8) is 0 Å². The topological polar surface area (TPSA) is 83.6 Å². The first kappa shape index (κ1) is 17.5. The van der Waals surface area contributed by atoms with Crippen molar-refractivity contribution in [2.75, 3.05) is 7.05 Å². The lowest BCUT2D eigenvalue weighted by Crippen LogP contribution is -2.45. The zero-order chi connectivity index (χ0) is 17.4. The Morgan fingerprint density at radius 1 is 1.17 bits per heavy atom. The molecule has 23 heavy (non-hydrogen) atoms. The summed E-state index contributed by atoms with van der Waals surface area (Å²) in [6.07, 6.45) is 0.203. The molecule has 1 aromatic carbocycles. The second-order valence-corrected chi connectivity index (χ2v) is 7.39. The van der Waals surface area contributed by atoms with Crippen LogP contribution in [-0.2, 0) is 10.2 Å². The van der Waals surface area contributed by atoms with E-state index in [0.29, 0.717) is 18.4 Å². The summed E-state index contributed by atoms with van der Waals surface area (Å²) in [6, 6.07) is 7.16. The maximum absolute atomic E-state index is 12.6. The Labute approximate surface area is 137 Å². The van der Waals surface area contributed by atoms with Gasteiger partial charge in [-0.05, 0) is 36.0 Å². The molecule has 0 saturated heterocycles. The number of aliphatic hydroxyl groups is 1. The highest BCUT2D eigenvalue weighted by atomic mass is 16.3. The van der Waals surface area contributed by atoms with Gasteiger partial charge in [0.2, 0.25) is 5.91 Å². The number of nitrogens with zero attached hydrogens (tertiary/aromatic N) is 1. The number of likely N-dealkylation sites (N-methyl/N-ethyl adjacent to an activating group) is 1. The Balaban J connectivity index is 2.13. The van der Waals surface area contributed by atoms with Crippen LogP contribution in [0.2, 0.25) is 0 Å². The molecule has 1 aliphatic carbocycles. The summed E-state index contributed by atoms with van der Waals surface area (Å²) in [5.41, 5.74) is 7.06. The fourth-order valence-electron chi connectivity index (χ4n) is 3.16. The molecule has 0 spiro atoms. The van der Waals surface area contributed by atoms with Crippen LogP contribution in [0.3, 0.4) is 0 Å². The molecule has 3 atom stereocenters. The van der Waals surface area contributed by atoms with Crippen molar-refractivity contribution >= 4 is 11.8 Å². The third-order valence-electron chi connectivity index (χ3n) is 4.76. The summed E-state index contributed by atoms with van der Waals surface area (Å²) in [5.74, 6) is -1.23. The molecule has 1 aliphatic rings. The van der Waals surface area contributed by atoms with Crippen molar-refractivity contribution in [2.24, 2.45) is 11.7 Å². The minimum atomic E-state index is -0.893. The van der Waals surface area contributed by atoms with E-state index in [2.05, 4.69) is 20.8 Å². The highest BCUT2D eigenvalue weighted by molar-refractivity contribution is 5.94. The van der Waals surface area contributed by atoms with Gasteiger partial charge in [0, 0.05) is 12.6 Å². The molecule has 2 rings (SSSR count). The summed E-state index contributed by atoms with van der Waals surface area (Å²) < 4.78 is 0. The van der Waals surface area contributed by atoms with Gasteiger partial charge in [-0.15, -0.1) is 0 Å². The number of rotatable bonds is 3. The lowest BCUT2D eigenvalue weighted by molar-refractivity contribution is -0.124. The van der Waals surface area contributed by atoms with Crippen LogP contribution in [0.25, 0.3) is 0 Å². The molecule has 126 valence electrons. The van der Waals surface area contributed by atoms with Crippen LogP contribution in [0.15, 0.2) is 24.3 Å². The first-order chi connectivity index (χ1) is 10.6. The maximum atomic E-state index is 12.6. The van der Waals surface area contributed by atoms with Crippen LogP contribution >= 0.6 is 0 Å². The van der Waals surface area contributed by atoms with Gasteiger partial charge in [-0.3, -0.25) is 9.59 Å². The maximum Gasteiger partial charge on any atom is 0.253 e. The van der Waals surface area contributed by atoms with E-state index in [1.165, 1.54) is 4.90 Å². The van der Waals surface area contributed by atoms with E-state index < -0.39 is 17.9 Å². The molecular formula is C18H26N2O3. The summed E-state index contributed by atoms with van der Waals surface area (Å²) in [7, 11) is 1.66. The van der Waals surface area contributed by atoms with Crippen molar-refractivity contribution in [3.8, 4) is 0 Å². The van der Waals surface area contributed by atoms with Gasteiger partial charge in [-0.25, -0.2) is 0 Å². The zero-order valence-electron chi connectivity index (χ0n) is 14.2. The summed E-state index contributed by atoms with van der Waals surface area (Å²) in [6.45, 7) is 6.36. The van der Waals surface area contributed by atoms with E-state index in [1.807, 2.05) is 24.3 Å². The number of aliphatic hydroxyl groups excluding tert-OH is 1. The van der Waals surface area contributed by atoms with Gasteiger partial charge in [0.25, 0.3) is 5.91 Å². The number of hydrogen-bond donors (Lipinski definition) is 2. The number of carbonyl (C=O) groups is 2. The minimum Gasteiger partial charge on any atom is -0.390 e. The normalized spacial score (nSPS) is 24.5. The molecule has 0 heterocycles. The summed E-state index contributed by atoms with van der Waals surface area (Å²) in [4.78, 5) is 25.5. The smallest absolute Gasteiger partial charge is 0.253 e. The molecule has 3 N–H and O–H groups in total. The van der Waals surface area contributed by atoms with Crippen LogP contribution < -0.4 is 5.73 Å². The fraction of sp³-hybridized carbons (Fsp3) is 0.556. The van der Waals surface area contributed by atoms with Gasteiger partial charge in [0.1, 0.15) is 0 Å². The number of hydrogen-bond acceptors (Lipinski definition) is 3. The predicted octanol–water partition coefficient (Wildman–Crippen LogP) is 1.68. The lowest BCUT2D eigenvalue weighted by atomic mass is 9.86. The Kier molecular flexibility index (Phi) is 4.80. The van der Waals surface area contributed by atoms with Crippen molar-refractivity contribution in [2.45, 2.75) is 51.2 Å². The molecule has 5 nitrogen and oxygen atoms in total. The van der Waals surface area contributed by atoms with Gasteiger partial charge < -0.3 is 15.7 Å². The molecule has 0 bridgehead atoms. The number of nitrogens with two attached hydrogens (primary N) is 1. The van der Waals surface area contributed by atoms with Crippen LogP contribution in [0, 0.1) is 5.92 Å². The van der Waals surface area contributed by atoms with Crippen LogP contribution in [0.4, 0.5) is 0 Å². The van der Waals surface area contributed by atoms with Gasteiger partial charge in [-0.2, -0.15) is 0 Å². The predicted molar refractivity (Wildman–Crippen MR) is 88.9 cm³/mol. The Morgan fingerprint density at radius 3 is 2.17 bits per heavy atom. The van der Waals surface area contributed by atoms with Crippen LogP contribution in [0.1, 0.15) is 49.5 Å². The molecule has 0 aliphatic heterocycles. The largest absolute Gasteiger partial charge is 0.390 e. The molecule has 1 aromatic rings. The summed E-state index contributed by atoms with van der Waals surface area (Å²) in [5, 5.41) is 10.2. The van der Waals surface area contributed by atoms with E-state index in [-0.39, 0.29) is 17.4 Å². The quantitative estimate of drug-likeness (QED) is 0.889. The minimum absolute atomic E-state index is 0.0316. The Bertz CT molecular complexity index is 589. The number of carbonyl (C=O) groups excluding carboxylic acids is 2. The van der Waals surface area contributed by atoms with Crippen molar-refractivity contribution in [1.82, 2.24) is 4.90 Å². The van der Waals surface area contributed by atoms with Gasteiger partial charge in [0.15, 0.2) is 0 Å². The van der Waals surface area contributed by atoms with Gasteiger partial charge in [0.05, 0.1) is 18.1 Å². The Morgan fingerprint density at radius 2 is 1.74 bits per heavy atom. The van der Waals surface area contributed by atoms with Crippen molar-refractivity contribution in [3.05, 3.63) is 35.4 Å². The Hall–Kier alpha value is -1.88. The van der Waals surface area contributed by atoms with Crippen LogP contribution in [0.5, 0.6) is 0 Å². The first-order valence-electron chi connectivity index (χ1n) is 7.98. The second kappa shape index (κ2) is 6.32. The van der Waals surface area contributed by atoms with E-state index >= 15 is 0 Å². The average molecular weight is 318 g/mol.